The summed E-state index contributed by atoms with van der Waals surface area (Å²) in [6, 6.07) is 16.8. The number of imide groups is 1. The Labute approximate surface area is 205 Å². The quantitative estimate of drug-likeness (QED) is 0.308. The first-order chi connectivity index (χ1) is 17.2. The van der Waals surface area contributed by atoms with E-state index in [9.17, 15) is 29.6 Å². The summed E-state index contributed by atoms with van der Waals surface area (Å²) in [6.07, 6.45) is 1.38. The van der Waals surface area contributed by atoms with Crippen molar-refractivity contribution < 1.29 is 24.4 Å². The standard InChI is InChI=1S/C26H22N4O6/c1-15-6-2-3-8-19(15)29-23(31)20-21(24(29)32)26(25(33)34,28-22(20)18-7-4-5-13-27-18)14-16-9-11-17(12-10-16)30(35)36/h2-13,20-22,28H,14H2,1H3,(H,33,34). The topological polar surface area (TPSA) is 143 Å². The van der Waals surface area contributed by atoms with E-state index >= 15 is 0 Å². The number of nitrogens with one attached hydrogen (secondary N) is 1. The molecule has 2 amide bonds. The molecule has 36 heavy (non-hydrogen) atoms. The molecule has 0 saturated carbocycles. The van der Waals surface area contributed by atoms with Gasteiger partial charge in [0.1, 0.15) is 5.54 Å². The van der Waals surface area contributed by atoms with Crippen LogP contribution in [0.5, 0.6) is 0 Å². The van der Waals surface area contributed by atoms with Crippen molar-refractivity contribution in [3.63, 3.8) is 0 Å². The van der Waals surface area contributed by atoms with Crippen LogP contribution < -0.4 is 10.2 Å². The minimum absolute atomic E-state index is 0.135. The molecule has 2 N–H and O–H groups in total. The minimum Gasteiger partial charge on any atom is -0.480 e. The molecule has 10 nitrogen and oxygen atoms in total. The van der Waals surface area contributed by atoms with Gasteiger partial charge in [-0.15, -0.1) is 0 Å². The number of nitro benzene ring substituents is 1. The minimum atomic E-state index is -1.84. The van der Waals surface area contributed by atoms with Crippen LogP contribution >= 0.6 is 0 Å². The largest absolute Gasteiger partial charge is 0.480 e. The van der Waals surface area contributed by atoms with E-state index in [1.807, 2.05) is 0 Å². The van der Waals surface area contributed by atoms with Gasteiger partial charge in [-0.3, -0.25) is 34.8 Å². The summed E-state index contributed by atoms with van der Waals surface area (Å²) in [5.74, 6) is -4.60. The maximum absolute atomic E-state index is 13.9. The van der Waals surface area contributed by atoms with Crippen molar-refractivity contribution in [1.29, 1.82) is 0 Å². The van der Waals surface area contributed by atoms with E-state index in [0.717, 1.165) is 4.90 Å². The fourth-order valence-electron chi connectivity index (χ4n) is 5.36. The van der Waals surface area contributed by atoms with Gasteiger partial charge in [-0.05, 0) is 36.2 Å². The van der Waals surface area contributed by atoms with E-state index in [4.69, 9.17) is 0 Å². The number of pyridine rings is 1. The first-order valence-electron chi connectivity index (χ1n) is 11.3. The Morgan fingerprint density at radius 2 is 1.78 bits per heavy atom. The molecule has 2 saturated heterocycles. The van der Waals surface area contributed by atoms with Gasteiger partial charge in [0.25, 0.3) is 5.69 Å². The van der Waals surface area contributed by atoms with Crippen LogP contribution in [0.2, 0.25) is 0 Å². The summed E-state index contributed by atoms with van der Waals surface area (Å²) in [6.45, 7) is 1.78. The maximum Gasteiger partial charge on any atom is 0.325 e. The lowest BCUT2D eigenvalue weighted by Gasteiger charge is -2.31. The number of non-ortho nitro benzene ring substituents is 1. The van der Waals surface area contributed by atoms with Crippen LogP contribution in [0.4, 0.5) is 11.4 Å². The van der Waals surface area contributed by atoms with E-state index in [2.05, 4.69) is 10.3 Å². The molecule has 2 aliphatic rings. The van der Waals surface area contributed by atoms with E-state index in [-0.39, 0.29) is 12.1 Å². The second kappa shape index (κ2) is 8.65. The molecule has 2 fully saturated rings. The Bertz CT molecular complexity index is 1380. The molecule has 0 aliphatic carbocycles. The second-order valence-corrected chi connectivity index (χ2v) is 9.06. The van der Waals surface area contributed by atoms with Crippen molar-refractivity contribution >= 4 is 29.2 Å². The Balaban J connectivity index is 1.64. The fraction of sp³-hybridized carbons (Fsp3) is 0.231. The van der Waals surface area contributed by atoms with E-state index in [1.165, 1.54) is 24.3 Å². The predicted octanol–water partition coefficient (Wildman–Crippen LogP) is 2.81. The number of rotatable bonds is 6. The summed E-state index contributed by atoms with van der Waals surface area (Å²) >= 11 is 0. The SMILES string of the molecule is Cc1ccccc1N1C(=O)C2C(c3ccccn3)NC(Cc3ccc([N+](=O)[O-])cc3)(C(=O)O)C2C1=O. The van der Waals surface area contributed by atoms with Crippen molar-refractivity contribution in [3.05, 3.63) is 99.9 Å². The molecule has 1 aromatic heterocycles. The smallest absolute Gasteiger partial charge is 0.325 e. The molecular formula is C26H22N4O6. The van der Waals surface area contributed by atoms with Gasteiger partial charge < -0.3 is 5.11 Å². The molecule has 4 unspecified atom stereocenters. The molecule has 10 heteroatoms. The van der Waals surface area contributed by atoms with Crippen molar-refractivity contribution in [2.75, 3.05) is 4.90 Å². The zero-order valence-electron chi connectivity index (χ0n) is 19.2. The number of aryl methyl sites for hydroxylation is 1. The van der Waals surface area contributed by atoms with Crippen LogP contribution in [0.25, 0.3) is 0 Å². The molecule has 2 aliphatic heterocycles. The van der Waals surface area contributed by atoms with Crippen molar-refractivity contribution in [2.24, 2.45) is 11.8 Å². The number of aliphatic carboxylic acids is 1. The van der Waals surface area contributed by atoms with Gasteiger partial charge in [-0.2, -0.15) is 0 Å². The monoisotopic (exact) mass is 486 g/mol. The number of para-hydroxylation sites is 1. The number of aromatic nitrogens is 1. The first-order valence-corrected chi connectivity index (χ1v) is 11.3. The number of nitrogens with zero attached hydrogens (tertiary/aromatic N) is 3. The summed E-state index contributed by atoms with van der Waals surface area (Å²) in [7, 11) is 0. The zero-order chi connectivity index (χ0) is 25.6. The number of carbonyl (C=O) groups excluding carboxylic acids is 2. The Morgan fingerprint density at radius 3 is 2.39 bits per heavy atom. The number of carboxylic acid groups (broad SMARTS) is 1. The third kappa shape index (κ3) is 3.54. The lowest BCUT2D eigenvalue weighted by atomic mass is 9.76. The molecule has 0 bridgehead atoms. The van der Waals surface area contributed by atoms with Crippen molar-refractivity contribution in [3.8, 4) is 0 Å². The molecule has 4 atom stereocenters. The molecule has 0 spiro atoms. The summed E-state index contributed by atoms with van der Waals surface area (Å²) in [4.78, 5) is 56.5. The lowest BCUT2D eigenvalue weighted by molar-refractivity contribution is -0.384. The summed E-state index contributed by atoms with van der Waals surface area (Å²) in [5.41, 5.74) is 0.0731. The molecular weight excluding hydrogens is 464 g/mol. The molecule has 3 heterocycles. The zero-order valence-corrected chi connectivity index (χ0v) is 19.2. The first kappa shape index (κ1) is 23.3. The number of hydrogen-bond donors (Lipinski definition) is 2. The Morgan fingerprint density at radius 1 is 1.08 bits per heavy atom. The van der Waals surface area contributed by atoms with Gasteiger partial charge in [0.2, 0.25) is 11.8 Å². The normalized spacial score (nSPS) is 25.1. The fourth-order valence-corrected chi connectivity index (χ4v) is 5.36. The van der Waals surface area contributed by atoms with Crippen LogP contribution in [-0.4, -0.2) is 38.3 Å². The molecule has 182 valence electrons. The average molecular weight is 486 g/mol. The maximum atomic E-state index is 13.9. The highest BCUT2D eigenvalue weighted by atomic mass is 16.6. The van der Waals surface area contributed by atoms with Gasteiger partial charge in [0.15, 0.2) is 0 Å². The Kier molecular flexibility index (Phi) is 5.60. The number of benzene rings is 2. The van der Waals surface area contributed by atoms with Crippen molar-refractivity contribution in [2.45, 2.75) is 24.9 Å². The molecule has 3 aromatic rings. The number of fused-ring (bicyclic) bond motifs is 1. The third-order valence-electron chi connectivity index (χ3n) is 7.03. The van der Waals surface area contributed by atoms with E-state index in [1.54, 1.807) is 55.6 Å². The predicted molar refractivity (Wildman–Crippen MR) is 128 cm³/mol. The average Bonchev–Trinajstić information content (AvgIpc) is 3.34. The number of nitro groups is 1. The number of anilines is 1. The highest BCUT2D eigenvalue weighted by Gasteiger charge is 2.69. The van der Waals surface area contributed by atoms with Crippen molar-refractivity contribution in [1.82, 2.24) is 10.3 Å². The molecule has 2 aromatic carbocycles. The number of amides is 2. The van der Waals surface area contributed by atoms with Crippen LogP contribution in [-0.2, 0) is 20.8 Å². The number of carbonyl (C=O) groups is 3. The van der Waals surface area contributed by atoms with Gasteiger partial charge in [0, 0.05) is 24.8 Å². The summed E-state index contributed by atoms with van der Waals surface area (Å²) in [5, 5.41) is 24.7. The van der Waals surface area contributed by atoms with Crippen LogP contribution in [0.3, 0.4) is 0 Å². The van der Waals surface area contributed by atoms with Gasteiger partial charge in [-0.1, -0.05) is 36.4 Å². The van der Waals surface area contributed by atoms with Crippen LogP contribution in [0.15, 0.2) is 72.9 Å². The van der Waals surface area contributed by atoms with E-state index in [0.29, 0.717) is 22.5 Å². The third-order valence-corrected chi connectivity index (χ3v) is 7.03. The van der Waals surface area contributed by atoms with E-state index < -0.39 is 46.1 Å². The van der Waals surface area contributed by atoms with Gasteiger partial charge >= 0.3 is 5.97 Å². The lowest BCUT2D eigenvalue weighted by Crippen LogP contribution is -2.57. The number of carboxylic acids is 1. The van der Waals surface area contributed by atoms with Gasteiger partial charge in [-0.25, -0.2) is 4.90 Å². The van der Waals surface area contributed by atoms with Gasteiger partial charge in [0.05, 0.1) is 34.2 Å². The highest BCUT2D eigenvalue weighted by Crippen LogP contribution is 2.50. The van der Waals surface area contributed by atoms with Crippen LogP contribution in [0, 0.1) is 28.9 Å². The highest BCUT2D eigenvalue weighted by molar-refractivity contribution is 6.24. The number of hydrogen-bond acceptors (Lipinski definition) is 7. The molecule has 5 rings (SSSR count). The Hall–Kier alpha value is -4.44. The van der Waals surface area contributed by atoms with Crippen LogP contribution in [0.1, 0.15) is 22.9 Å². The summed E-state index contributed by atoms with van der Waals surface area (Å²) < 4.78 is 0. The molecule has 0 radical (unpaired) electrons. The second-order valence-electron chi connectivity index (χ2n) is 9.06.